The maximum atomic E-state index is 5.59. The summed E-state index contributed by atoms with van der Waals surface area (Å²) in [6, 6.07) is 137. The highest BCUT2D eigenvalue weighted by atomic mass is 32.1. The predicted octanol–water partition coefficient (Wildman–Crippen LogP) is 32.1. The van der Waals surface area contributed by atoms with E-state index in [0.29, 0.717) is 34.9 Å². The molecule has 0 spiro atoms. The SMILES string of the molecule is c1ccc(-c2nc(-c3cccc(-c4cccc5sc6ccc(-c7cccc8c7-c7cccc9cccc-8c79)cc6c45)c3)nc(-c3cccc4c3sc3cccc(-c5ccc(-c6nc(-c7ccccc7-c7cccc8sc9ccc(-c%10ccc%11c%12ccccc%12c%12ccccc%12c%11c%10)cc9c78)nc(-c7cccc8sc9ccccc9c78)n6)cc5)c34)n2)cc1. The largest absolute Gasteiger partial charge is 0.208 e. The highest BCUT2D eigenvalue weighted by molar-refractivity contribution is 7.27. The number of fused-ring (bicyclic) bond motifs is 21. The smallest absolute Gasteiger partial charge is 0.165 e. The third kappa shape index (κ3) is 10.8. The average molecular weight is 1620 g/mol. The Morgan fingerprint density at radius 3 is 1.21 bits per heavy atom. The number of hydrogen-bond donors (Lipinski definition) is 0. The molecule has 0 saturated heterocycles. The molecular weight excluding hydrogens is 1560 g/mol. The van der Waals surface area contributed by atoms with Crippen LogP contribution in [0.25, 0.3) is 270 Å². The monoisotopic (exact) mass is 1620 g/mol. The van der Waals surface area contributed by atoms with Crippen molar-refractivity contribution in [2.24, 2.45) is 0 Å². The third-order valence-electron chi connectivity index (χ3n) is 25.0. The maximum Gasteiger partial charge on any atom is 0.165 e. The Bertz CT molecular complexity index is 8760. The fourth-order valence-corrected chi connectivity index (χ4v) is 24.1. The minimum absolute atomic E-state index is 0.587. The fourth-order valence-electron chi connectivity index (χ4n) is 19.5. The zero-order chi connectivity index (χ0) is 79.8. The number of nitrogens with zero attached hydrogens (tertiary/aromatic N) is 6. The molecule has 564 valence electrons. The molecule has 6 aromatic heterocycles. The van der Waals surface area contributed by atoms with Crippen molar-refractivity contribution < 1.29 is 0 Å². The summed E-state index contributed by atoms with van der Waals surface area (Å²) in [7, 11) is 0. The molecule has 19 aromatic carbocycles. The van der Waals surface area contributed by atoms with Crippen LogP contribution in [0.3, 0.4) is 0 Å². The van der Waals surface area contributed by atoms with E-state index in [1.807, 2.05) is 40.9 Å². The van der Waals surface area contributed by atoms with Crippen LogP contribution in [0, 0.1) is 0 Å². The second-order valence-corrected chi connectivity index (χ2v) is 36.0. The van der Waals surface area contributed by atoms with E-state index in [0.717, 1.165) is 86.9 Å². The van der Waals surface area contributed by atoms with Gasteiger partial charge in [0.05, 0.1) is 0 Å². The summed E-state index contributed by atoms with van der Waals surface area (Å²) in [5, 5.41) is 19.7. The molecule has 0 bridgehead atoms. The molecule has 0 fully saturated rings. The standard InChI is InChI=1S/C112H62N6S4/c1-2-21-65(22-3-1)107-113-109(71-26-12-25-69(59-71)74-36-18-45-96-103(74)92-62-70(55-58-95(92)120-96)73-34-15-38-83-82-37-13-23-64-24-14-40-86(100(64)82)101(73)83)117-112(116-107)89-43-16-41-87-102-72(35-17-48-99(102)122-106(87)89)63-49-51-66(52-50-63)108-114-110(118-111(115-108)88-42-20-47-98-105(88)85-33-10-11-44-93(85)119-98)84-32-9-8-31-79(84)81-39-19-46-97-104(81)91-61-68(54-57-94(91)121-97)67-53-56-80-77-29-5-4-27-75(77)76-28-6-7-30-78(76)90(80)60-67/h1-62H. The molecule has 6 nitrogen and oxygen atoms in total. The maximum absolute atomic E-state index is 5.59. The lowest BCUT2D eigenvalue weighted by Gasteiger charge is -2.14. The lowest BCUT2D eigenvalue weighted by atomic mass is 9.91. The Morgan fingerprint density at radius 2 is 0.508 bits per heavy atom. The Labute approximate surface area is 715 Å². The van der Waals surface area contributed by atoms with Crippen LogP contribution in [0.5, 0.6) is 0 Å². The van der Waals surface area contributed by atoms with Gasteiger partial charge in [0.25, 0.3) is 0 Å². The molecule has 6 heterocycles. The van der Waals surface area contributed by atoms with E-state index in [9.17, 15) is 0 Å². The fraction of sp³-hybridized carbons (Fsp3) is 0. The first-order valence-corrected chi connectivity index (χ1v) is 44.4. The molecule has 1 aliphatic rings. The molecule has 1 aliphatic carbocycles. The summed E-state index contributed by atoms with van der Waals surface area (Å²) in [4.78, 5) is 32.9. The van der Waals surface area contributed by atoms with E-state index in [1.54, 1.807) is 22.7 Å². The van der Waals surface area contributed by atoms with Crippen molar-refractivity contribution >= 4 is 169 Å². The van der Waals surface area contributed by atoms with E-state index >= 15 is 0 Å². The highest BCUT2D eigenvalue weighted by Gasteiger charge is 2.28. The van der Waals surface area contributed by atoms with Gasteiger partial charge in [0, 0.05) is 114 Å². The van der Waals surface area contributed by atoms with Crippen LogP contribution in [0.1, 0.15) is 0 Å². The van der Waals surface area contributed by atoms with Crippen LogP contribution in [0.2, 0.25) is 0 Å². The lowest BCUT2D eigenvalue weighted by Crippen LogP contribution is -2.01. The minimum atomic E-state index is 0.587. The number of thiophene rings is 4. The Balaban J connectivity index is 0.570. The van der Waals surface area contributed by atoms with E-state index in [-0.39, 0.29) is 0 Å². The summed E-state index contributed by atoms with van der Waals surface area (Å²) < 4.78 is 9.62. The summed E-state index contributed by atoms with van der Waals surface area (Å²) in [5.74, 6) is 3.63. The average Bonchev–Trinajstić information content (AvgIpc) is 1.50. The molecule has 0 aliphatic heterocycles. The third-order valence-corrected chi connectivity index (χ3v) is 29.6. The van der Waals surface area contributed by atoms with Crippen LogP contribution in [-0.2, 0) is 0 Å². The first-order valence-electron chi connectivity index (χ1n) is 41.1. The van der Waals surface area contributed by atoms with Crippen molar-refractivity contribution in [3.63, 3.8) is 0 Å². The lowest BCUT2D eigenvalue weighted by molar-refractivity contribution is 1.08. The second-order valence-electron chi connectivity index (χ2n) is 31.7. The molecule has 0 radical (unpaired) electrons. The zero-order valence-corrected chi connectivity index (χ0v) is 68.4. The summed E-state index contributed by atoms with van der Waals surface area (Å²) in [5.41, 5.74) is 22.2. The van der Waals surface area contributed by atoms with E-state index in [1.165, 1.54) is 148 Å². The summed E-state index contributed by atoms with van der Waals surface area (Å²) in [6.45, 7) is 0. The van der Waals surface area contributed by atoms with Gasteiger partial charge in [-0.15, -0.1) is 45.3 Å². The Kier molecular flexibility index (Phi) is 15.5. The van der Waals surface area contributed by atoms with Gasteiger partial charge in [0.1, 0.15) is 0 Å². The van der Waals surface area contributed by atoms with Crippen LogP contribution >= 0.6 is 45.3 Å². The van der Waals surface area contributed by atoms with Gasteiger partial charge in [-0.2, -0.15) is 0 Å². The molecule has 0 atom stereocenters. The van der Waals surface area contributed by atoms with E-state index < -0.39 is 0 Å². The van der Waals surface area contributed by atoms with Gasteiger partial charge in [0.15, 0.2) is 34.9 Å². The molecule has 10 heteroatoms. The van der Waals surface area contributed by atoms with Gasteiger partial charge in [-0.25, -0.2) is 29.9 Å². The number of aromatic nitrogens is 6. The van der Waals surface area contributed by atoms with Crippen molar-refractivity contribution in [2.45, 2.75) is 0 Å². The topological polar surface area (TPSA) is 77.3 Å². The highest BCUT2D eigenvalue weighted by Crippen LogP contribution is 2.54. The molecule has 0 N–H and O–H groups in total. The zero-order valence-electron chi connectivity index (χ0n) is 65.1. The van der Waals surface area contributed by atoms with Gasteiger partial charge in [0.2, 0.25) is 0 Å². The molecule has 0 unspecified atom stereocenters. The van der Waals surface area contributed by atoms with Crippen LogP contribution in [-0.4, -0.2) is 29.9 Å². The van der Waals surface area contributed by atoms with Crippen molar-refractivity contribution in [2.75, 3.05) is 0 Å². The second kappa shape index (κ2) is 27.3. The molecule has 0 saturated carbocycles. The summed E-state index contributed by atoms with van der Waals surface area (Å²) in [6.07, 6.45) is 0. The molecule has 0 amide bonds. The van der Waals surface area contributed by atoms with Crippen molar-refractivity contribution in [3.05, 3.63) is 376 Å². The molecule has 25 aromatic rings. The van der Waals surface area contributed by atoms with Gasteiger partial charge in [-0.1, -0.05) is 303 Å². The van der Waals surface area contributed by atoms with Gasteiger partial charge in [-0.05, 0) is 194 Å². The quantitative estimate of drug-likeness (QED) is 0.120. The van der Waals surface area contributed by atoms with Gasteiger partial charge in [-0.3, -0.25) is 0 Å². The number of hydrogen-bond acceptors (Lipinski definition) is 10. The molecular formula is C112H62N6S4. The van der Waals surface area contributed by atoms with Gasteiger partial charge < -0.3 is 0 Å². The van der Waals surface area contributed by atoms with Crippen LogP contribution in [0.15, 0.2) is 376 Å². The van der Waals surface area contributed by atoms with E-state index in [4.69, 9.17) is 29.9 Å². The Hall–Kier alpha value is -14.9. The first-order chi connectivity index (χ1) is 60.4. The number of rotatable bonds is 11. The Morgan fingerprint density at radius 1 is 0.148 bits per heavy atom. The molecule has 26 rings (SSSR count). The molecule has 122 heavy (non-hydrogen) atoms. The van der Waals surface area contributed by atoms with Crippen LogP contribution < -0.4 is 0 Å². The van der Waals surface area contributed by atoms with Crippen molar-refractivity contribution in [3.8, 4) is 146 Å². The van der Waals surface area contributed by atoms with Crippen molar-refractivity contribution in [1.29, 1.82) is 0 Å². The van der Waals surface area contributed by atoms with Gasteiger partial charge >= 0.3 is 0 Å². The number of benzene rings is 19. The normalized spacial score (nSPS) is 12.1. The van der Waals surface area contributed by atoms with E-state index in [2.05, 4.69) is 358 Å². The van der Waals surface area contributed by atoms with Crippen molar-refractivity contribution in [1.82, 2.24) is 29.9 Å². The summed E-state index contributed by atoms with van der Waals surface area (Å²) >= 11 is 7.26. The van der Waals surface area contributed by atoms with Crippen LogP contribution in [0.4, 0.5) is 0 Å². The predicted molar refractivity (Wildman–Crippen MR) is 519 cm³/mol. The minimum Gasteiger partial charge on any atom is -0.208 e. The first kappa shape index (κ1) is 69.1.